The lowest BCUT2D eigenvalue weighted by Crippen LogP contribution is -2.44. The number of quaternary nitrogens is 1. The minimum atomic E-state index is -4.27. The lowest BCUT2D eigenvalue weighted by atomic mass is 10.1. The van der Waals surface area contributed by atoms with Crippen LogP contribution in [0.3, 0.4) is 0 Å². The van der Waals surface area contributed by atoms with E-state index in [1.54, 1.807) is 12.1 Å². The average molecular weight is 493 g/mol. The molecule has 0 aliphatic heterocycles. The van der Waals surface area contributed by atoms with Gasteiger partial charge in [0.15, 0.2) is 0 Å². The van der Waals surface area contributed by atoms with E-state index in [-0.39, 0.29) is 4.90 Å². The number of halogens is 1. The van der Waals surface area contributed by atoms with Gasteiger partial charge in [-0.3, -0.25) is 0 Å². The normalized spacial score (nSPS) is 13.4. The van der Waals surface area contributed by atoms with Gasteiger partial charge in [-0.25, -0.2) is 8.42 Å². The van der Waals surface area contributed by atoms with Crippen LogP contribution in [0.2, 0.25) is 0 Å². The second kappa shape index (κ2) is 16.3. The van der Waals surface area contributed by atoms with Crippen LogP contribution in [0.15, 0.2) is 29.2 Å². The van der Waals surface area contributed by atoms with Crippen LogP contribution in [0, 0.1) is 6.92 Å². The maximum absolute atomic E-state index is 10.4. The zero-order chi connectivity index (χ0) is 22.2. The van der Waals surface area contributed by atoms with Crippen molar-refractivity contribution in [1.82, 2.24) is 0 Å². The zero-order valence-corrected chi connectivity index (χ0v) is 21.4. The molecule has 0 spiro atoms. The Kier molecular flexibility index (Phi) is 16.0. The molecule has 1 aromatic carbocycles. The van der Waals surface area contributed by atoms with Gasteiger partial charge in [0.25, 0.3) is 0 Å². The number of nitrogens with zero attached hydrogens (tertiary/aromatic N) is 1. The van der Waals surface area contributed by atoms with Crippen molar-refractivity contribution in [1.29, 1.82) is 0 Å². The number of hydrogen-bond acceptors (Lipinski definition) is 3. The summed E-state index contributed by atoms with van der Waals surface area (Å²) in [4.78, 5) is -0.178. The Balaban J connectivity index is 0.000000604. The third-order valence-corrected chi connectivity index (χ3v) is 7.26. The highest BCUT2D eigenvalue weighted by Crippen LogP contribution is 2.14. The van der Waals surface area contributed by atoms with Gasteiger partial charge in [0.05, 0.1) is 25.0 Å². The van der Waals surface area contributed by atoms with Crippen LogP contribution in [0.4, 0.5) is 0 Å². The van der Waals surface area contributed by atoms with Crippen molar-refractivity contribution < 1.29 is 17.5 Å². The summed E-state index contributed by atoms with van der Waals surface area (Å²) in [5.41, 5.74) is 2.05. The first kappa shape index (κ1) is 28.6. The van der Waals surface area contributed by atoms with E-state index in [0.717, 1.165) is 11.0 Å². The van der Waals surface area contributed by atoms with Gasteiger partial charge < -0.3 is 9.04 Å². The smallest absolute Gasteiger partial charge is 0.134 e. The van der Waals surface area contributed by atoms with Crippen LogP contribution in [0.25, 0.3) is 0 Å². The van der Waals surface area contributed by atoms with Gasteiger partial charge in [-0.1, -0.05) is 70.1 Å². The molecule has 6 heteroatoms. The third kappa shape index (κ3) is 15.1. The van der Waals surface area contributed by atoms with Gasteiger partial charge >= 0.3 is 0 Å². The molecular weight excluding hydrogens is 450 g/mol. The summed E-state index contributed by atoms with van der Waals surface area (Å²) in [5.74, 6) is 0. The monoisotopic (exact) mass is 491 g/mol. The van der Waals surface area contributed by atoms with Crippen molar-refractivity contribution in [2.75, 3.05) is 25.6 Å². The molecule has 0 saturated heterocycles. The summed E-state index contributed by atoms with van der Waals surface area (Å²) in [6, 6.07) is 5.78. The lowest BCUT2D eigenvalue weighted by molar-refractivity contribution is -0.896. The SMILES string of the molecule is CCCCCCCC[N+](C)(CBr)CCCCCC.Cc1ccc(S(=O)(=O)[O-])cc1. The molecule has 29 heavy (non-hydrogen) atoms. The molecule has 1 atom stereocenters. The van der Waals surface area contributed by atoms with Crippen LogP contribution in [-0.4, -0.2) is 43.0 Å². The summed E-state index contributed by atoms with van der Waals surface area (Å²) < 4.78 is 32.4. The average Bonchev–Trinajstić information content (AvgIpc) is 2.68. The molecular formula is C23H42BrNO3S. The fraction of sp³-hybridized carbons (Fsp3) is 0.739. The minimum Gasteiger partial charge on any atom is -0.744 e. The molecule has 0 aliphatic carbocycles. The van der Waals surface area contributed by atoms with E-state index >= 15 is 0 Å². The molecule has 0 fully saturated rings. The first-order chi connectivity index (χ1) is 13.7. The number of rotatable bonds is 14. The van der Waals surface area contributed by atoms with E-state index in [2.05, 4.69) is 36.8 Å². The summed E-state index contributed by atoms with van der Waals surface area (Å²) >= 11 is 3.71. The predicted molar refractivity (Wildman–Crippen MR) is 126 cm³/mol. The molecule has 0 radical (unpaired) electrons. The number of alkyl halides is 1. The third-order valence-electron chi connectivity index (χ3n) is 5.20. The molecule has 0 N–H and O–H groups in total. The maximum atomic E-state index is 10.4. The lowest BCUT2D eigenvalue weighted by Gasteiger charge is -2.32. The van der Waals surface area contributed by atoms with Crippen molar-refractivity contribution in [2.24, 2.45) is 0 Å². The van der Waals surface area contributed by atoms with Crippen molar-refractivity contribution in [3.63, 3.8) is 0 Å². The summed E-state index contributed by atoms with van der Waals surface area (Å²) in [5, 5.41) is 0. The van der Waals surface area contributed by atoms with Crippen LogP contribution in [0.5, 0.6) is 0 Å². The predicted octanol–water partition coefficient (Wildman–Crippen LogP) is 6.63. The molecule has 0 bridgehead atoms. The Morgan fingerprint density at radius 2 is 1.24 bits per heavy atom. The van der Waals surface area contributed by atoms with Gasteiger partial charge in [-0.05, 0) is 60.7 Å². The second-order valence-electron chi connectivity index (χ2n) is 8.28. The molecule has 4 nitrogen and oxygen atoms in total. The van der Waals surface area contributed by atoms with Crippen molar-refractivity contribution in [3.8, 4) is 0 Å². The second-order valence-corrected chi connectivity index (χ2v) is 10.2. The van der Waals surface area contributed by atoms with Crippen LogP contribution < -0.4 is 0 Å². The van der Waals surface area contributed by atoms with Gasteiger partial charge in [0.1, 0.15) is 15.6 Å². The molecule has 1 rings (SSSR count). The molecule has 0 amide bonds. The van der Waals surface area contributed by atoms with Crippen molar-refractivity contribution >= 4 is 26.0 Å². The highest BCUT2D eigenvalue weighted by molar-refractivity contribution is 9.09. The Morgan fingerprint density at radius 1 is 0.828 bits per heavy atom. The fourth-order valence-corrected chi connectivity index (χ4v) is 4.10. The van der Waals surface area contributed by atoms with Gasteiger partial charge in [-0.2, -0.15) is 0 Å². The highest BCUT2D eigenvalue weighted by atomic mass is 79.9. The quantitative estimate of drug-likeness (QED) is 0.0964. The van der Waals surface area contributed by atoms with E-state index in [4.69, 9.17) is 0 Å². The Labute approximate surface area is 188 Å². The molecule has 0 heterocycles. The van der Waals surface area contributed by atoms with Crippen LogP contribution in [-0.2, 0) is 10.1 Å². The Hall–Kier alpha value is -0.430. The van der Waals surface area contributed by atoms with E-state index in [1.807, 2.05) is 6.92 Å². The van der Waals surface area contributed by atoms with Gasteiger partial charge in [-0.15, -0.1) is 0 Å². The maximum Gasteiger partial charge on any atom is 0.134 e. The standard InChI is InChI=1S/C16H35BrN.C7H8O3S/c1-4-6-8-10-11-13-15-18(3,16-17)14-12-9-7-5-2;1-6-2-4-7(5-3-6)11(8,9)10/h4-16H2,1-3H3;2-5H,1H3,(H,8,9,10)/q+1;/p-1. The minimum absolute atomic E-state index is 0.178. The first-order valence-electron chi connectivity index (χ1n) is 11.1. The number of aryl methyl sites for hydroxylation is 1. The first-order valence-corrected chi connectivity index (χ1v) is 13.6. The van der Waals surface area contributed by atoms with Crippen molar-refractivity contribution in [3.05, 3.63) is 29.8 Å². The zero-order valence-electron chi connectivity index (χ0n) is 19.0. The number of benzene rings is 1. The molecule has 170 valence electrons. The van der Waals surface area contributed by atoms with Crippen molar-refractivity contribution in [2.45, 2.75) is 89.9 Å². The van der Waals surface area contributed by atoms with E-state index in [9.17, 15) is 13.0 Å². The summed E-state index contributed by atoms with van der Waals surface area (Å²) in [6.07, 6.45) is 14.0. The fourth-order valence-electron chi connectivity index (χ4n) is 3.13. The highest BCUT2D eigenvalue weighted by Gasteiger charge is 2.18. The van der Waals surface area contributed by atoms with E-state index in [0.29, 0.717) is 0 Å². The summed E-state index contributed by atoms with van der Waals surface area (Å²) in [6.45, 7) is 9.09. The van der Waals surface area contributed by atoms with Crippen LogP contribution in [0.1, 0.15) is 83.6 Å². The molecule has 0 aliphatic rings. The Bertz CT molecular complexity index is 620. The van der Waals surface area contributed by atoms with Gasteiger partial charge in [0.2, 0.25) is 0 Å². The van der Waals surface area contributed by atoms with E-state index in [1.165, 1.54) is 93.9 Å². The number of unbranched alkanes of at least 4 members (excludes halogenated alkanes) is 8. The van der Waals surface area contributed by atoms with Crippen LogP contribution >= 0.6 is 15.9 Å². The van der Waals surface area contributed by atoms with E-state index < -0.39 is 10.1 Å². The topological polar surface area (TPSA) is 57.2 Å². The number of hydrogen-bond donors (Lipinski definition) is 0. The molecule has 0 saturated carbocycles. The molecule has 1 unspecified atom stereocenters. The summed E-state index contributed by atoms with van der Waals surface area (Å²) in [7, 11) is -1.86. The molecule has 0 aromatic heterocycles. The van der Waals surface area contributed by atoms with Gasteiger partial charge in [0, 0.05) is 0 Å². The largest absolute Gasteiger partial charge is 0.744 e. The Morgan fingerprint density at radius 3 is 1.66 bits per heavy atom. The molecule has 1 aromatic rings.